The summed E-state index contributed by atoms with van der Waals surface area (Å²) in [6.45, 7) is 4.67. The maximum atomic E-state index is 13.1. The Morgan fingerprint density at radius 3 is 1.49 bits per heavy atom. The lowest BCUT2D eigenvalue weighted by Crippen LogP contribution is -2.58. The molecule has 0 radical (unpaired) electrons. The molecule has 0 amide bonds. The van der Waals surface area contributed by atoms with Gasteiger partial charge in [-0.25, -0.2) is 19.2 Å². The maximum absolute atomic E-state index is 13.1. The summed E-state index contributed by atoms with van der Waals surface area (Å²) in [5.41, 5.74) is 0.723. The molecule has 200 valence electrons. The highest BCUT2D eigenvalue weighted by molar-refractivity contribution is 5.91. The van der Waals surface area contributed by atoms with Crippen LogP contribution in [0.15, 0.2) is 103 Å². The summed E-state index contributed by atoms with van der Waals surface area (Å²) in [5.74, 6) is -3.09. The topological polar surface area (TPSA) is 114 Å². The Balaban J connectivity index is 1.68. The number of ether oxygens (including phenoxy) is 5. The van der Waals surface area contributed by atoms with Gasteiger partial charge in [0.05, 0.1) is 23.3 Å². The van der Waals surface area contributed by atoms with Gasteiger partial charge in [-0.2, -0.15) is 0 Å². The Morgan fingerprint density at radius 2 is 1.05 bits per heavy atom. The molecule has 0 N–H and O–H groups in total. The van der Waals surface area contributed by atoms with E-state index in [4.69, 9.17) is 23.7 Å². The lowest BCUT2D eigenvalue weighted by atomic mass is 10.0. The number of benzene rings is 3. The minimum atomic E-state index is -1.49. The van der Waals surface area contributed by atoms with E-state index in [1.54, 1.807) is 66.7 Å². The largest absolute Gasteiger partial charge is 0.452 e. The van der Waals surface area contributed by atoms with E-state index in [0.29, 0.717) is 0 Å². The minimum absolute atomic E-state index is 0.0715. The number of hydrogen-bond acceptors (Lipinski definition) is 9. The molecular formula is C30H26O9. The molecule has 1 aliphatic heterocycles. The van der Waals surface area contributed by atoms with Crippen molar-refractivity contribution in [2.24, 2.45) is 0 Å². The molecule has 39 heavy (non-hydrogen) atoms. The number of carbonyl (C=O) groups excluding carboxylic acids is 4. The normalized spacial score (nSPS) is 20.2. The van der Waals surface area contributed by atoms with Crippen LogP contribution in [-0.4, -0.2) is 55.1 Å². The second-order valence-corrected chi connectivity index (χ2v) is 8.67. The number of carbonyl (C=O) groups is 4. The fraction of sp³-hybridized carbons (Fsp3) is 0.200. The van der Waals surface area contributed by atoms with Gasteiger partial charge in [0.15, 0.2) is 12.2 Å². The van der Waals surface area contributed by atoms with Gasteiger partial charge >= 0.3 is 23.9 Å². The summed E-state index contributed by atoms with van der Waals surface area (Å²) in [5, 5.41) is 0. The summed E-state index contributed by atoms with van der Waals surface area (Å²) in [7, 11) is 0. The van der Waals surface area contributed by atoms with E-state index in [1.165, 1.54) is 31.2 Å². The Kier molecular flexibility index (Phi) is 8.86. The van der Waals surface area contributed by atoms with Crippen molar-refractivity contribution in [2.75, 3.05) is 6.61 Å². The van der Waals surface area contributed by atoms with Gasteiger partial charge in [-0.1, -0.05) is 61.2 Å². The van der Waals surface area contributed by atoms with E-state index in [1.807, 2.05) is 0 Å². The van der Waals surface area contributed by atoms with Crippen LogP contribution < -0.4 is 0 Å². The average molecular weight is 531 g/mol. The van der Waals surface area contributed by atoms with Crippen molar-refractivity contribution in [2.45, 2.75) is 31.5 Å². The minimum Gasteiger partial charge on any atom is -0.452 e. The SMILES string of the molecule is C=C(C)C(=O)O[C@@H]1OC[C@@H](OC(=O)c2ccccc2)[C@H](OC(=O)c2ccccc2)[C@H]1OC(=O)c1ccccc1. The molecule has 0 unspecified atom stereocenters. The van der Waals surface area contributed by atoms with Crippen molar-refractivity contribution in [1.82, 2.24) is 0 Å². The van der Waals surface area contributed by atoms with Crippen LogP contribution in [0, 0.1) is 0 Å². The number of esters is 4. The molecule has 0 saturated carbocycles. The molecule has 0 spiro atoms. The second kappa shape index (κ2) is 12.7. The van der Waals surface area contributed by atoms with E-state index in [0.717, 1.165) is 0 Å². The lowest BCUT2D eigenvalue weighted by Gasteiger charge is -2.40. The first-order valence-electron chi connectivity index (χ1n) is 12.1. The van der Waals surface area contributed by atoms with Gasteiger partial charge in [-0.05, 0) is 43.3 Å². The molecule has 1 saturated heterocycles. The van der Waals surface area contributed by atoms with Crippen molar-refractivity contribution >= 4 is 23.9 Å². The molecule has 3 aromatic carbocycles. The number of rotatable bonds is 8. The first kappa shape index (κ1) is 27.3. The van der Waals surface area contributed by atoms with Gasteiger partial charge in [-0.15, -0.1) is 0 Å². The van der Waals surface area contributed by atoms with Gasteiger partial charge in [0.1, 0.15) is 0 Å². The molecule has 0 aromatic heterocycles. The van der Waals surface area contributed by atoms with Crippen molar-refractivity contribution in [3.05, 3.63) is 120 Å². The van der Waals surface area contributed by atoms with Gasteiger partial charge in [0, 0.05) is 5.57 Å². The quantitative estimate of drug-likeness (QED) is 0.241. The smallest absolute Gasteiger partial charge is 0.338 e. The summed E-state index contributed by atoms with van der Waals surface area (Å²) < 4.78 is 28.2. The Hall–Kier alpha value is -4.76. The van der Waals surface area contributed by atoms with Crippen LogP contribution in [0.3, 0.4) is 0 Å². The molecule has 4 rings (SSSR count). The zero-order chi connectivity index (χ0) is 27.8. The molecular weight excluding hydrogens is 504 g/mol. The van der Waals surface area contributed by atoms with Crippen LogP contribution >= 0.6 is 0 Å². The van der Waals surface area contributed by atoms with Gasteiger partial charge in [0.25, 0.3) is 0 Å². The van der Waals surface area contributed by atoms with Crippen LogP contribution in [0.5, 0.6) is 0 Å². The van der Waals surface area contributed by atoms with Crippen LogP contribution in [0.1, 0.15) is 38.0 Å². The lowest BCUT2D eigenvalue weighted by molar-refractivity contribution is -0.259. The summed E-state index contributed by atoms with van der Waals surface area (Å²) in [4.78, 5) is 51.4. The molecule has 1 fully saturated rings. The van der Waals surface area contributed by atoms with E-state index in [-0.39, 0.29) is 28.9 Å². The predicted molar refractivity (Wildman–Crippen MR) is 138 cm³/mol. The van der Waals surface area contributed by atoms with Gasteiger partial charge < -0.3 is 23.7 Å². The van der Waals surface area contributed by atoms with E-state index >= 15 is 0 Å². The van der Waals surface area contributed by atoms with Crippen LogP contribution in [0.2, 0.25) is 0 Å². The number of hydrogen-bond donors (Lipinski definition) is 0. The average Bonchev–Trinajstić information content (AvgIpc) is 2.96. The molecule has 1 aliphatic rings. The Labute approximate surface area is 224 Å². The summed E-state index contributed by atoms with van der Waals surface area (Å²) in [6.07, 6.45) is -5.58. The molecule has 4 atom stereocenters. The molecule has 0 bridgehead atoms. The van der Waals surface area contributed by atoms with Crippen molar-refractivity contribution in [1.29, 1.82) is 0 Å². The van der Waals surface area contributed by atoms with Crippen molar-refractivity contribution < 1.29 is 42.9 Å². The third kappa shape index (κ3) is 6.97. The van der Waals surface area contributed by atoms with Gasteiger partial charge in [-0.3, -0.25) is 0 Å². The first-order chi connectivity index (χ1) is 18.8. The highest BCUT2D eigenvalue weighted by Crippen LogP contribution is 2.28. The van der Waals surface area contributed by atoms with Crippen molar-refractivity contribution in [3.63, 3.8) is 0 Å². The molecule has 0 aliphatic carbocycles. The summed E-state index contributed by atoms with van der Waals surface area (Å²) >= 11 is 0. The highest BCUT2D eigenvalue weighted by Gasteiger charge is 2.49. The Morgan fingerprint density at radius 1 is 0.641 bits per heavy atom. The molecule has 9 nitrogen and oxygen atoms in total. The zero-order valence-corrected chi connectivity index (χ0v) is 21.1. The highest BCUT2D eigenvalue weighted by atomic mass is 16.7. The van der Waals surface area contributed by atoms with Crippen molar-refractivity contribution in [3.8, 4) is 0 Å². The zero-order valence-electron chi connectivity index (χ0n) is 21.1. The first-order valence-corrected chi connectivity index (χ1v) is 12.1. The predicted octanol–water partition coefficient (Wildman–Crippen LogP) is 4.14. The monoisotopic (exact) mass is 530 g/mol. The van der Waals surface area contributed by atoms with Crippen LogP contribution in [0.25, 0.3) is 0 Å². The summed E-state index contributed by atoms with van der Waals surface area (Å²) in [6, 6.07) is 24.4. The molecule has 1 heterocycles. The van der Waals surface area contributed by atoms with E-state index < -0.39 is 48.5 Å². The maximum Gasteiger partial charge on any atom is 0.338 e. The van der Waals surface area contributed by atoms with E-state index in [9.17, 15) is 19.2 Å². The third-order valence-corrected chi connectivity index (χ3v) is 5.73. The molecule has 9 heteroatoms. The second-order valence-electron chi connectivity index (χ2n) is 8.67. The Bertz CT molecular complexity index is 1320. The van der Waals surface area contributed by atoms with E-state index in [2.05, 4.69) is 6.58 Å². The fourth-order valence-electron chi connectivity index (χ4n) is 3.73. The standard InChI is InChI=1S/C30H26O9/c1-19(2)26(31)39-30-25(38-29(34)22-16-10-5-11-17-22)24(37-28(33)21-14-8-4-9-15-21)23(18-35-30)36-27(32)20-12-6-3-7-13-20/h3-17,23-25,30H,1,18H2,2H3/t23-,24+,25-,30+/m1/s1. The van der Waals surface area contributed by atoms with Crippen LogP contribution in [-0.2, 0) is 28.5 Å². The van der Waals surface area contributed by atoms with Crippen LogP contribution in [0.4, 0.5) is 0 Å². The van der Waals surface area contributed by atoms with Gasteiger partial charge in [0.2, 0.25) is 12.4 Å². The fourth-order valence-corrected chi connectivity index (χ4v) is 3.73. The third-order valence-electron chi connectivity index (χ3n) is 5.73. The molecule has 3 aromatic rings.